The van der Waals surface area contributed by atoms with Crippen LogP contribution < -0.4 is 5.32 Å². The standard InChI is InChI=1S/C14H19F2NO2/c1-2-13(17-8-4-3-5-14(18)19)11-9-10(15)6-7-12(11)16/h6-7,9,13,17H,2-5,8H2,1H3,(H,18,19). The second kappa shape index (κ2) is 7.84. The van der Waals surface area contributed by atoms with Gasteiger partial charge in [-0.15, -0.1) is 0 Å². The van der Waals surface area contributed by atoms with Gasteiger partial charge >= 0.3 is 5.97 Å². The van der Waals surface area contributed by atoms with Crippen molar-refractivity contribution in [3.63, 3.8) is 0 Å². The smallest absolute Gasteiger partial charge is 0.303 e. The number of rotatable bonds is 8. The Morgan fingerprint density at radius 2 is 2.11 bits per heavy atom. The molecule has 0 bridgehead atoms. The van der Waals surface area contributed by atoms with E-state index in [1.54, 1.807) is 0 Å². The summed E-state index contributed by atoms with van der Waals surface area (Å²) in [7, 11) is 0. The Morgan fingerprint density at radius 3 is 2.74 bits per heavy atom. The third-order valence-corrected chi connectivity index (χ3v) is 2.95. The van der Waals surface area contributed by atoms with Crippen LogP contribution in [0.25, 0.3) is 0 Å². The maximum atomic E-state index is 13.6. The Morgan fingerprint density at radius 1 is 1.37 bits per heavy atom. The molecule has 5 heteroatoms. The lowest BCUT2D eigenvalue weighted by molar-refractivity contribution is -0.137. The van der Waals surface area contributed by atoms with Crippen molar-refractivity contribution in [3.05, 3.63) is 35.4 Å². The Kier molecular flexibility index (Phi) is 6.42. The molecule has 0 heterocycles. The van der Waals surface area contributed by atoms with Gasteiger partial charge in [0.2, 0.25) is 0 Å². The minimum Gasteiger partial charge on any atom is -0.481 e. The van der Waals surface area contributed by atoms with Crippen LogP contribution in [0.1, 0.15) is 44.2 Å². The first-order valence-corrected chi connectivity index (χ1v) is 6.44. The Bertz CT molecular complexity index is 424. The number of aliphatic carboxylic acids is 1. The maximum Gasteiger partial charge on any atom is 0.303 e. The summed E-state index contributed by atoms with van der Waals surface area (Å²) in [5.41, 5.74) is 0.320. The minimum atomic E-state index is -0.816. The second-order valence-electron chi connectivity index (χ2n) is 4.43. The molecule has 1 unspecified atom stereocenters. The summed E-state index contributed by atoms with van der Waals surface area (Å²) < 4.78 is 26.7. The molecule has 0 aliphatic carbocycles. The fourth-order valence-electron chi connectivity index (χ4n) is 1.93. The van der Waals surface area contributed by atoms with E-state index in [2.05, 4.69) is 5.32 Å². The number of carboxylic acid groups (broad SMARTS) is 1. The van der Waals surface area contributed by atoms with Gasteiger partial charge < -0.3 is 10.4 Å². The van der Waals surface area contributed by atoms with Gasteiger partial charge in [-0.05, 0) is 44.0 Å². The summed E-state index contributed by atoms with van der Waals surface area (Å²) in [6, 6.07) is 3.17. The Hall–Kier alpha value is -1.49. The molecule has 1 atom stereocenters. The zero-order chi connectivity index (χ0) is 14.3. The van der Waals surface area contributed by atoms with Crippen molar-refractivity contribution in [2.45, 2.75) is 38.6 Å². The molecule has 1 aromatic carbocycles. The van der Waals surface area contributed by atoms with Gasteiger partial charge in [-0.2, -0.15) is 0 Å². The number of hydrogen-bond donors (Lipinski definition) is 2. The van der Waals surface area contributed by atoms with Crippen LogP contribution in [0.15, 0.2) is 18.2 Å². The summed E-state index contributed by atoms with van der Waals surface area (Å²) in [5, 5.41) is 11.6. The third-order valence-electron chi connectivity index (χ3n) is 2.95. The maximum absolute atomic E-state index is 13.6. The molecular formula is C14H19F2NO2. The van der Waals surface area contributed by atoms with Gasteiger partial charge in [0.1, 0.15) is 11.6 Å². The highest BCUT2D eigenvalue weighted by Gasteiger charge is 2.14. The van der Waals surface area contributed by atoms with Crippen molar-refractivity contribution in [1.29, 1.82) is 0 Å². The van der Waals surface area contributed by atoms with Crippen molar-refractivity contribution in [2.75, 3.05) is 6.54 Å². The minimum absolute atomic E-state index is 0.132. The molecule has 0 aliphatic heterocycles. The zero-order valence-electron chi connectivity index (χ0n) is 11.0. The molecule has 0 amide bonds. The average molecular weight is 271 g/mol. The van der Waals surface area contributed by atoms with Crippen molar-refractivity contribution in [3.8, 4) is 0 Å². The molecule has 0 spiro atoms. The number of hydrogen-bond acceptors (Lipinski definition) is 2. The van der Waals surface area contributed by atoms with Gasteiger partial charge in [0.15, 0.2) is 0 Å². The van der Waals surface area contributed by atoms with Crippen molar-refractivity contribution in [1.82, 2.24) is 5.32 Å². The van der Waals surface area contributed by atoms with Gasteiger partial charge in [0, 0.05) is 18.0 Å². The molecular weight excluding hydrogens is 252 g/mol. The molecule has 0 saturated carbocycles. The van der Waals surface area contributed by atoms with E-state index in [4.69, 9.17) is 5.11 Å². The molecule has 0 fully saturated rings. The van der Waals surface area contributed by atoms with E-state index < -0.39 is 17.6 Å². The fraction of sp³-hybridized carbons (Fsp3) is 0.500. The lowest BCUT2D eigenvalue weighted by atomic mass is 10.0. The van der Waals surface area contributed by atoms with E-state index >= 15 is 0 Å². The predicted octanol–water partition coefficient (Wildman–Crippen LogP) is 3.26. The van der Waals surface area contributed by atoms with Crippen LogP contribution in [0.2, 0.25) is 0 Å². The van der Waals surface area contributed by atoms with Crippen LogP contribution in [0.3, 0.4) is 0 Å². The van der Waals surface area contributed by atoms with Crippen LogP contribution in [0.5, 0.6) is 0 Å². The van der Waals surface area contributed by atoms with E-state index in [0.717, 1.165) is 12.1 Å². The third kappa shape index (κ3) is 5.34. The average Bonchev–Trinajstić information content (AvgIpc) is 2.37. The number of carbonyl (C=O) groups is 1. The largest absolute Gasteiger partial charge is 0.481 e. The van der Waals surface area contributed by atoms with Crippen LogP contribution in [-0.4, -0.2) is 17.6 Å². The molecule has 1 aromatic rings. The van der Waals surface area contributed by atoms with Gasteiger partial charge in [-0.1, -0.05) is 6.92 Å². The molecule has 0 radical (unpaired) electrons. The van der Waals surface area contributed by atoms with Gasteiger partial charge in [-0.25, -0.2) is 8.78 Å². The predicted molar refractivity (Wildman–Crippen MR) is 68.9 cm³/mol. The van der Waals surface area contributed by atoms with Crippen LogP contribution >= 0.6 is 0 Å². The van der Waals surface area contributed by atoms with E-state index in [0.29, 0.717) is 31.4 Å². The Labute approximate surface area is 111 Å². The molecule has 2 N–H and O–H groups in total. The molecule has 0 aliphatic rings. The number of halogens is 2. The summed E-state index contributed by atoms with van der Waals surface area (Å²) in [5.74, 6) is -1.70. The van der Waals surface area contributed by atoms with Gasteiger partial charge in [-0.3, -0.25) is 4.79 Å². The van der Waals surface area contributed by atoms with E-state index in [-0.39, 0.29) is 12.5 Å². The van der Waals surface area contributed by atoms with Crippen LogP contribution in [0.4, 0.5) is 8.78 Å². The van der Waals surface area contributed by atoms with E-state index in [1.807, 2.05) is 6.92 Å². The quantitative estimate of drug-likeness (QED) is 0.713. The highest BCUT2D eigenvalue weighted by molar-refractivity contribution is 5.66. The summed E-state index contributed by atoms with van der Waals surface area (Å²) in [6.07, 6.45) is 2.04. The zero-order valence-corrected chi connectivity index (χ0v) is 11.0. The van der Waals surface area contributed by atoms with E-state index in [9.17, 15) is 13.6 Å². The number of unbranched alkanes of at least 4 members (excludes halogenated alkanes) is 1. The van der Waals surface area contributed by atoms with Gasteiger partial charge in [0.25, 0.3) is 0 Å². The number of benzene rings is 1. The lowest BCUT2D eigenvalue weighted by Gasteiger charge is -2.18. The molecule has 1 rings (SSSR count). The topological polar surface area (TPSA) is 49.3 Å². The van der Waals surface area contributed by atoms with Crippen molar-refractivity contribution < 1.29 is 18.7 Å². The number of nitrogens with one attached hydrogen (secondary N) is 1. The molecule has 0 aromatic heterocycles. The highest BCUT2D eigenvalue weighted by Crippen LogP contribution is 2.21. The summed E-state index contributed by atoms with van der Waals surface area (Å²) in [4.78, 5) is 10.3. The first kappa shape index (κ1) is 15.6. The first-order chi connectivity index (χ1) is 9.04. The molecule has 19 heavy (non-hydrogen) atoms. The molecule has 106 valence electrons. The van der Waals surface area contributed by atoms with Crippen LogP contribution in [0, 0.1) is 11.6 Å². The second-order valence-corrected chi connectivity index (χ2v) is 4.43. The fourth-order valence-corrected chi connectivity index (χ4v) is 1.93. The van der Waals surface area contributed by atoms with E-state index in [1.165, 1.54) is 6.07 Å². The van der Waals surface area contributed by atoms with Crippen molar-refractivity contribution in [2.24, 2.45) is 0 Å². The SMILES string of the molecule is CCC(NCCCCC(=O)O)c1cc(F)ccc1F. The first-order valence-electron chi connectivity index (χ1n) is 6.44. The number of carboxylic acids is 1. The lowest BCUT2D eigenvalue weighted by Crippen LogP contribution is -2.23. The summed E-state index contributed by atoms with van der Waals surface area (Å²) in [6.45, 7) is 2.47. The van der Waals surface area contributed by atoms with Crippen molar-refractivity contribution >= 4 is 5.97 Å². The van der Waals surface area contributed by atoms with Crippen LogP contribution in [-0.2, 0) is 4.79 Å². The summed E-state index contributed by atoms with van der Waals surface area (Å²) >= 11 is 0. The highest BCUT2D eigenvalue weighted by atomic mass is 19.1. The molecule has 0 saturated heterocycles. The van der Waals surface area contributed by atoms with Gasteiger partial charge in [0.05, 0.1) is 0 Å². The normalized spacial score (nSPS) is 12.4. The monoisotopic (exact) mass is 271 g/mol. The Balaban J connectivity index is 2.49. The molecule has 3 nitrogen and oxygen atoms in total.